The number of thioether (sulfide) groups is 1. The van der Waals surface area contributed by atoms with Crippen molar-refractivity contribution in [1.29, 1.82) is 0 Å². The molecular formula is C23H25F2N5S. The highest BCUT2D eigenvalue weighted by atomic mass is 32.2. The fraction of sp³-hybridized carbons (Fsp3) is 0.304. The quantitative estimate of drug-likeness (QED) is 0.534. The number of rotatable bonds is 2. The Morgan fingerprint density at radius 2 is 2.00 bits per heavy atom. The zero-order chi connectivity index (χ0) is 21.8. The van der Waals surface area contributed by atoms with Crippen LogP contribution in [0, 0.1) is 11.6 Å². The van der Waals surface area contributed by atoms with Crippen molar-refractivity contribution < 1.29 is 8.78 Å². The number of fused-ring (bicyclic) bond motifs is 6. The van der Waals surface area contributed by atoms with Crippen molar-refractivity contribution in [2.24, 2.45) is 0 Å². The molecule has 0 saturated heterocycles. The average Bonchev–Trinajstić information content (AvgIpc) is 2.75. The number of aromatic nitrogens is 2. The third-order valence-corrected chi connectivity index (χ3v) is 5.82. The Morgan fingerprint density at radius 3 is 2.84 bits per heavy atom. The van der Waals surface area contributed by atoms with E-state index < -0.39 is 5.82 Å². The first-order valence-corrected chi connectivity index (χ1v) is 11.6. The summed E-state index contributed by atoms with van der Waals surface area (Å²) >= 11 is 1.76. The molecule has 0 spiro atoms. The van der Waals surface area contributed by atoms with Crippen molar-refractivity contribution in [3.8, 4) is 11.3 Å². The largest absolute Gasteiger partial charge is 0.384 e. The second kappa shape index (κ2) is 9.51. The molecule has 0 amide bonds. The fourth-order valence-corrected chi connectivity index (χ4v) is 4.16. The van der Waals surface area contributed by atoms with Gasteiger partial charge in [0.05, 0.1) is 6.20 Å². The number of nitrogens with one attached hydrogen (secondary N) is 2. The molecule has 4 bridgehead atoms. The van der Waals surface area contributed by atoms with Crippen LogP contribution in [0.4, 0.5) is 31.8 Å². The number of halogens is 2. The summed E-state index contributed by atoms with van der Waals surface area (Å²) in [7, 11) is 2.07. The third-order valence-electron chi connectivity index (χ3n) is 5.20. The maximum Gasteiger partial charge on any atom is 0.227 e. The Bertz CT molecular complexity index is 1080. The standard InChI is InChI=1S/C23H25F2N5S/c1-30-8-4-3-7-26-21-11-16(24)5-6-19(21)22-20(25)13-27-23(29-22)28-17-9-15(14-31-2)10-18(30)12-17/h5-6,9-13,26H,3-4,7-8,14H2,1-2H3,(H,27,28,29). The minimum Gasteiger partial charge on any atom is -0.384 e. The molecule has 162 valence electrons. The average molecular weight is 442 g/mol. The molecule has 1 aliphatic heterocycles. The SMILES string of the molecule is CSCc1cc2cc(c1)N(C)CCCCNc1cc(F)ccc1-c1nc(ncc1F)N2. The molecule has 0 atom stereocenters. The lowest BCUT2D eigenvalue weighted by atomic mass is 10.1. The van der Waals surface area contributed by atoms with Crippen molar-refractivity contribution in [2.45, 2.75) is 18.6 Å². The predicted molar refractivity (Wildman–Crippen MR) is 125 cm³/mol. The Balaban J connectivity index is 1.80. The van der Waals surface area contributed by atoms with E-state index in [0.717, 1.165) is 42.7 Å². The highest BCUT2D eigenvalue weighted by molar-refractivity contribution is 7.97. The molecule has 0 unspecified atom stereocenters. The Hall–Kier alpha value is -2.87. The zero-order valence-corrected chi connectivity index (χ0v) is 18.4. The summed E-state index contributed by atoms with van der Waals surface area (Å²) in [6, 6.07) is 10.5. The lowest BCUT2D eigenvalue weighted by molar-refractivity contribution is 0.617. The maximum atomic E-state index is 14.7. The lowest BCUT2D eigenvalue weighted by Gasteiger charge is -2.21. The van der Waals surface area contributed by atoms with Crippen molar-refractivity contribution in [3.63, 3.8) is 0 Å². The van der Waals surface area contributed by atoms with Gasteiger partial charge < -0.3 is 15.5 Å². The van der Waals surface area contributed by atoms with Crippen LogP contribution in [0.2, 0.25) is 0 Å². The van der Waals surface area contributed by atoms with E-state index in [4.69, 9.17) is 0 Å². The summed E-state index contributed by atoms with van der Waals surface area (Å²) in [6.07, 6.45) is 5.08. The zero-order valence-electron chi connectivity index (χ0n) is 17.6. The van der Waals surface area contributed by atoms with Gasteiger partial charge in [0.15, 0.2) is 5.82 Å². The molecule has 4 rings (SSSR count). The normalized spacial score (nSPS) is 14.0. The maximum absolute atomic E-state index is 14.7. The van der Waals surface area contributed by atoms with Gasteiger partial charge in [0.25, 0.3) is 0 Å². The molecule has 1 aliphatic rings. The van der Waals surface area contributed by atoms with Crippen LogP contribution in [0.5, 0.6) is 0 Å². The molecule has 0 radical (unpaired) electrons. The Morgan fingerprint density at radius 1 is 1.13 bits per heavy atom. The highest BCUT2D eigenvalue weighted by Crippen LogP contribution is 2.31. The predicted octanol–water partition coefficient (Wildman–Crippen LogP) is 5.67. The van der Waals surface area contributed by atoms with E-state index in [0.29, 0.717) is 17.8 Å². The molecule has 3 aromatic rings. The van der Waals surface area contributed by atoms with E-state index in [1.54, 1.807) is 17.8 Å². The van der Waals surface area contributed by atoms with Gasteiger partial charge in [-0.25, -0.2) is 18.7 Å². The summed E-state index contributed by atoms with van der Waals surface area (Å²) in [6.45, 7) is 1.54. The van der Waals surface area contributed by atoms with E-state index in [9.17, 15) is 8.78 Å². The number of benzene rings is 2. The van der Waals surface area contributed by atoms with Crippen molar-refractivity contribution in [3.05, 3.63) is 59.8 Å². The number of anilines is 4. The van der Waals surface area contributed by atoms with Crippen LogP contribution < -0.4 is 15.5 Å². The molecule has 2 N–H and O–H groups in total. The molecule has 31 heavy (non-hydrogen) atoms. The van der Waals surface area contributed by atoms with Crippen LogP contribution in [-0.4, -0.2) is 36.4 Å². The van der Waals surface area contributed by atoms with Gasteiger partial charge in [-0.2, -0.15) is 11.8 Å². The van der Waals surface area contributed by atoms with Gasteiger partial charge in [-0.05, 0) is 61.1 Å². The van der Waals surface area contributed by atoms with Crippen molar-refractivity contribution in [2.75, 3.05) is 41.9 Å². The molecule has 2 aromatic carbocycles. The molecule has 5 nitrogen and oxygen atoms in total. The minimum absolute atomic E-state index is 0.132. The molecular weight excluding hydrogens is 416 g/mol. The molecule has 0 aliphatic carbocycles. The van der Waals surface area contributed by atoms with Gasteiger partial charge in [-0.3, -0.25) is 0 Å². The summed E-state index contributed by atoms with van der Waals surface area (Å²) < 4.78 is 28.6. The van der Waals surface area contributed by atoms with Gasteiger partial charge in [-0.1, -0.05) is 0 Å². The third kappa shape index (κ3) is 5.07. The molecule has 0 fully saturated rings. The lowest BCUT2D eigenvalue weighted by Crippen LogP contribution is -2.19. The molecule has 8 heteroatoms. The number of nitrogens with zero attached hydrogens (tertiary/aromatic N) is 3. The van der Waals surface area contributed by atoms with Crippen LogP contribution in [0.25, 0.3) is 11.3 Å². The highest BCUT2D eigenvalue weighted by Gasteiger charge is 2.16. The minimum atomic E-state index is -0.555. The van der Waals surface area contributed by atoms with Gasteiger partial charge in [0.2, 0.25) is 5.95 Å². The van der Waals surface area contributed by atoms with Gasteiger partial charge in [0, 0.05) is 48.5 Å². The second-order valence-corrected chi connectivity index (χ2v) is 8.45. The van der Waals surface area contributed by atoms with E-state index in [2.05, 4.69) is 57.0 Å². The van der Waals surface area contributed by atoms with Crippen LogP contribution in [-0.2, 0) is 5.75 Å². The summed E-state index contributed by atoms with van der Waals surface area (Å²) in [5.74, 6) is 0.237. The second-order valence-electron chi connectivity index (χ2n) is 7.58. The van der Waals surface area contributed by atoms with Crippen molar-refractivity contribution in [1.82, 2.24) is 9.97 Å². The summed E-state index contributed by atoms with van der Waals surface area (Å²) in [5.41, 5.74) is 4.30. The van der Waals surface area contributed by atoms with Gasteiger partial charge in [-0.15, -0.1) is 0 Å². The first kappa shape index (κ1) is 21.4. The number of hydrogen-bond acceptors (Lipinski definition) is 6. The van der Waals surface area contributed by atoms with Crippen LogP contribution in [0.1, 0.15) is 18.4 Å². The first-order chi connectivity index (χ1) is 15.0. The van der Waals surface area contributed by atoms with Crippen molar-refractivity contribution >= 4 is 34.8 Å². The Kier molecular flexibility index (Phi) is 6.56. The van der Waals surface area contributed by atoms with Gasteiger partial charge >= 0.3 is 0 Å². The monoisotopic (exact) mass is 441 g/mol. The van der Waals surface area contributed by atoms with E-state index in [1.165, 1.54) is 17.7 Å². The number of hydrogen-bond donors (Lipinski definition) is 2. The molecule has 1 aromatic heterocycles. The van der Waals surface area contributed by atoms with Crippen LogP contribution >= 0.6 is 11.8 Å². The summed E-state index contributed by atoms with van der Waals surface area (Å²) in [5, 5.41) is 6.47. The van der Waals surface area contributed by atoms with Crippen LogP contribution in [0.3, 0.4) is 0 Å². The Labute approximate surface area is 185 Å². The smallest absolute Gasteiger partial charge is 0.227 e. The van der Waals surface area contributed by atoms with E-state index in [-0.39, 0.29) is 17.5 Å². The van der Waals surface area contributed by atoms with E-state index >= 15 is 0 Å². The van der Waals surface area contributed by atoms with Gasteiger partial charge in [0.1, 0.15) is 11.5 Å². The molecule has 2 heterocycles. The fourth-order valence-electron chi connectivity index (χ4n) is 3.66. The first-order valence-electron chi connectivity index (χ1n) is 10.2. The topological polar surface area (TPSA) is 53.1 Å². The molecule has 0 saturated carbocycles. The summed E-state index contributed by atoms with van der Waals surface area (Å²) in [4.78, 5) is 10.8. The van der Waals surface area contributed by atoms with E-state index in [1.807, 2.05) is 0 Å². The van der Waals surface area contributed by atoms with Crippen LogP contribution in [0.15, 0.2) is 42.6 Å².